The van der Waals surface area contributed by atoms with Crippen molar-refractivity contribution >= 4 is 22.6 Å². The molecular formula is C16H13N3O2. The van der Waals surface area contributed by atoms with E-state index in [2.05, 4.69) is 4.98 Å². The standard InChI is InChI=1S/C16H13N3O2/c17-11-5-6-13-12(8-11)18-9-19(13)16(20)15-7-10-3-1-2-4-14(10)21-15/h1-6,8-9,15H,7,17H2. The third-order valence-electron chi connectivity index (χ3n) is 3.73. The number of hydrogen-bond acceptors (Lipinski definition) is 4. The molecule has 2 aromatic carbocycles. The predicted molar refractivity (Wildman–Crippen MR) is 79.3 cm³/mol. The van der Waals surface area contributed by atoms with E-state index in [1.54, 1.807) is 18.2 Å². The lowest BCUT2D eigenvalue weighted by atomic mass is 10.1. The van der Waals surface area contributed by atoms with Crippen LogP contribution in [0.1, 0.15) is 10.4 Å². The summed E-state index contributed by atoms with van der Waals surface area (Å²) in [5.74, 6) is 0.669. The average Bonchev–Trinajstić information content (AvgIpc) is 3.09. The van der Waals surface area contributed by atoms with Gasteiger partial charge in [-0.25, -0.2) is 4.98 Å². The second-order valence-corrected chi connectivity index (χ2v) is 5.12. The van der Waals surface area contributed by atoms with Gasteiger partial charge < -0.3 is 10.5 Å². The molecule has 21 heavy (non-hydrogen) atoms. The second kappa shape index (κ2) is 4.34. The Morgan fingerprint density at radius 2 is 2.14 bits per heavy atom. The van der Waals surface area contributed by atoms with Crippen LogP contribution in [0.15, 0.2) is 48.8 Å². The molecule has 2 heterocycles. The van der Waals surface area contributed by atoms with Crippen LogP contribution >= 0.6 is 0 Å². The van der Waals surface area contributed by atoms with Crippen LogP contribution in [0.2, 0.25) is 0 Å². The second-order valence-electron chi connectivity index (χ2n) is 5.12. The molecule has 1 atom stereocenters. The number of nitrogens with zero attached hydrogens (tertiary/aromatic N) is 2. The van der Waals surface area contributed by atoms with Crippen LogP contribution < -0.4 is 10.5 Å². The Labute approximate surface area is 121 Å². The third kappa shape index (κ3) is 1.86. The first kappa shape index (κ1) is 12.0. The predicted octanol–water partition coefficient (Wildman–Crippen LogP) is 2.26. The van der Waals surface area contributed by atoms with E-state index in [1.807, 2.05) is 24.3 Å². The lowest BCUT2D eigenvalue weighted by molar-refractivity contribution is 0.0739. The number of nitrogen functional groups attached to an aromatic ring is 1. The Kier molecular flexibility index (Phi) is 2.47. The van der Waals surface area contributed by atoms with Gasteiger partial charge in [0.05, 0.1) is 11.0 Å². The summed E-state index contributed by atoms with van der Waals surface area (Å²) in [5, 5.41) is 0. The molecule has 1 aliphatic rings. The van der Waals surface area contributed by atoms with Gasteiger partial charge in [0, 0.05) is 12.1 Å². The van der Waals surface area contributed by atoms with Crippen molar-refractivity contribution in [3.63, 3.8) is 0 Å². The van der Waals surface area contributed by atoms with Crippen molar-refractivity contribution in [3.8, 4) is 5.75 Å². The van der Waals surface area contributed by atoms with Crippen molar-refractivity contribution in [2.45, 2.75) is 12.5 Å². The molecular weight excluding hydrogens is 266 g/mol. The van der Waals surface area contributed by atoms with Crippen LogP contribution in [0.25, 0.3) is 11.0 Å². The van der Waals surface area contributed by atoms with E-state index in [9.17, 15) is 4.79 Å². The molecule has 2 N–H and O–H groups in total. The smallest absolute Gasteiger partial charge is 0.273 e. The van der Waals surface area contributed by atoms with Gasteiger partial charge in [-0.3, -0.25) is 9.36 Å². The minimum absolute atomic E-state index is 0.113. The Hall–Kier alpha value is -2.82. The van der Waals surface area contributed by atoms with Gasteiger partial charge in [-0.15, -0.1) is 0 Å². The lowest BCUT2D eigenvalue weighted by Crippen LogP contribution is -2.30. The van der Waals surface area contributed by atoms with Gasteiger partial charge in [-0.1, -0.05) is 18.2 Å². The zero-order valence-corrected chi connectivity index (χ0v) is 11.2. The van der Waals surface area contributed by atoms with Gasteiger partial charge in [0.2, 0.25) is 0 Å². The van der Waals surface area contributed by atoms with E-state index in [-0.39, 0.29) is 5.91 Å². The number of aromatic nitrogens is 2. The van der Waals surface area contributed by atoms with E-state index in [4.69, 9.17) is 10.5 Å². The van der Waals surface area contributed by atoms with Gasteiger partial charge in [0.15, 0.2) is 6.10 Å². The fourth-order valence-electron chi connectivity index (χ4n) is 2.68. The first-order valence-electron chi connectivity index (χ1n) is 6.74. The van der Waals surface area contributed by atoms with E-state index in [0.29, 0.717) is 17.6 Å². The fourth-order valence-corrected chi connectivity index (χ4v) is 2.68. The molecule has 0 spiro atoms. The molecule has 0 fully saturated rings. The normalized spacial score (nSPS) is 16.7. The molecule has 0 amide bonds. The third-order valence-corrected chi connectivity index (χ3v) is 3.73. The number of carbonyl (C=O) groups is 1. The summed E-state index contributed by atoms with van der Waals surface area (Å²) < 4.78 is 7.28. The van der Waals surface area contributed by atoms with Gasteiger partial charge in [-0.2, -0.15) is 0 Å². The number of ether oxygens (including phenoxy) is 1. The number of benzene rings is 2. The van der Waals surface area contributed by atoms with Crippen molar-refractivity contribution in [1.29, 1.82) is 0 Å². The molecule has 1 unspecified atom stereocenters. The molecule has 3 aromatic rings. The Morgan fingerprint density at radius 3 is 3.00 bits per heavy atom. The molecule has 0 bridgehead atoms. The molecule has 1 aliphatic heterocycles. The van der Waals surface area contributed by atoms with Gasteiger partial charge in [0.25, 0.3) is 5.91 Å². The summed E-state index contributed by atoms with van der Waals surface area (Å²) >= 11 is 0. The van der Waals surface area contributed by atoms with Crippen molar-refractivity contribution in [1.82, 2.24) is 9.55 Å². The number of imidazole rings is 1. The Balaban J connectivity index is 1.69. The minimum atomic E-state index is -0.502. The monoisotopic (exact) mass is 279 g/mol. The molecule has 0 saturated heterocycles. The average molecular weight is 279 g/mol. The largest absolute Gasteiger partial charge is 0.480 e. The zero-order valence-electron chi connectivity index (χ0n) is 11.2. The highest BCUT2D eigenvalue weighted by Gasteiger charge is 2.30. The maximum atomic E-state index is 12.6. The summed E-state index contributed by atoms with van der Waals surface area (Å²) in [7, 11) is 0. The highest BCUT2D eigenvalue weighted by atomic mass is 16.5. The van der Waals surface area contributed by atoms with Crippen LogP contribution in [0.4, 0.5) is 5.69 Å². The van der Waals surface area contributed by atoms with Crippen LogP contribution in [0.3, 0.4) is 0 Å². The SMILES string of the molecule is Nc1ccc2c(c1)ncn2C(=O)C1Cc2ccccc2O1. The maximum absolute atomic E-state index is 12.6. The number of nitrogens with two attached hydrogens (primary N) is 1. The van der Waals surface area contributed by atoms with Crippen LogP contribution in [-0.2, 0) is 6.42 Å². The zero-order chi connectivity index (χ0) is 14.4. The van der Waals surface area contributed by atoms with Gasteiger partial charge in [0.1, 0.15) is 12.1 Å². The van der Waals surface area contributed by atoms with Gasteiger partial charge in [-0.05, 0) is 29.8 Å². The Morgan fingerprint density at radius 1 is 1.29 bits per heavy atom. The van der Waals surface area contributed by atoms with E-state index in [0.717, 1.165) is 16.8 Å². The number of fused-ring (bicyclic) bond motifs is 2. The first-order chi connectivity index (χ1) is 10.2. The lowest BCUT2D eigenvalue weighted by Gasteiger charge is -2.10. The molecule has 104 valence electrons. The highest BCUT2D eigenvalue weighted by Crippen LogP contribution is 2.29. The highest BCUT2D eigenvalue weighted by molar-refractivity contribution is 5.94. The summed E-state index contributed by atoms with van der Waals surface area (Å²) in [6.07, 6.45) is 1.61. The van der Waals surface area contributed by atoms with Crippen molar-refractivity contribution in [3.05, 3.63) is 54.4 Å². The number of hydrogen-bond donors (Lipinski definition) is 1. The van der Waals surface area contributed by atoms with Crippen LogP contribution in [-0.4, -0.2) is 21.6 Å². The summed E-state index contributed by atoms with van der Waals surface area (Å²) in [6, 6.07) is 13.0. The van der Waals surface area contributed by atoms with Crippen LogP contribution in [0.5, 0.6) is 5.75 Å². The number of carbonyl (C=O) groups excluding carboxylic acids is 1. The topological polar surface area (TPSA) is 70.1 Å². The van der Waals surface area contributed by atoms with E-state index >= 15 is 0 Å². The fraction of sp³-hybridized carbons (Fsp3) is 0.125. The summed E-state index contributed by atoms with van der Waals surface area (Å²) in [4.78, 5) is 16.9. The molecule has 5 heteroatoms. The molecule has 4 rings (SSSR count). The quantitative estimate of drug-likeness (QED) is 0.694. The molecule has 0 saturated carbocycles. The van der Waals surface area contributed by atoms with Crippen molar-refractivity contribution in [2.75, 3.05) is 5.73 Å². The summed E-state index contributed by atoms with van der Waals surface area (Å²) in [6.45, 7) is 0. The molecule has 0 aliphatic carbocycles. The molecule has 1 aromatic heterocycles. The van der Waals surface area contributed by atoms with Gasteiger partial charge >= 0.3 is 0 Å². The van der Waals surface area contributed by atoms with Crippen molar-refractivity contribution in [2.24, 2.45) is 0 Å². The molecule has 5 nitrogen and oxygen atoms in total. The number of rotatable bonds is 1. The number of para-hydroxylation sites is 1. The van der Waals surface area contributed by atoms with E-state index < -0.39 is 6.10 Å². The maximum Gasteiger partial charge on any atom is 0.273 e. The molecule has 0 radical (unpaired) electrons. The minimum Gasteiger partial charge on any atom is -0.480 e. The van der Waals surface area contributed by atoms with E-state index in [1.165, 1.54) is 10.9 Å². The van der Waals surface area contributed by atoms with Crippen LogP contribution in [0, 0.1) is 0 Å². The van der Waals surface area contributed by atoms with Crippen molar-refractivity contribution < 1.29 is 9.53 Å². The Bertz CT molecular complexity index is 829. The summed E-state index contributed by atoms with van der Waals surface area (Å²) in [5.41, 5.74) is 8.87. The number of anilines is 1. The first-order valence-corrected chi connectivity index (χ1v) is 6.74.